The summed E-state index contributed by atoms with van der Waals surface area (Å²) in [6.45, 7) is 3.90. The van der Waals surface area contributed by atoms with Crippen LogP contribution in [0.25, 0.3) is 0 Å². The minimum atomic E-state index is 0.332. The first kappa shape index (κ1) is 21.7. The first-order valence-electron chi connectivity index (χ1n) is 10.2. The number of ether oxygens (including phenoxy) is 2. The van der Waals surface area contributed by atoms with Gasteiger partial charge in [0.25, 0.3) is 0 Å². The van der Waals surface area contributed by atoms with E-state index in [0.717, 1.165) is 17.6 Å². The van der Waals surface area contributed by atoms with E-state index in [2.05, 4.69) is 29.5 Å². The Morgan fingerprint density at radius 1 is 0.652 bits per heavy atom. The topological polar surface area (TPSA) is 18.5 Å². The molecule has 3 heteroatoms. The van der Waals surface area contributed by atoms with Crippen molar-refractivity contribution in [2.75, 3.05) is 17.6 Å². The largest absolute Gasteiger partial charge is 0.373 e. The zero-order valence-corrected chi connectivity index (χ0v) is 17.5. The van der Waals surface area contributed by atoms with Crippen LogP contribution in [0.15, 0.2) is 0 Å². The number of hydrogen-bond acceptors (Lipinski definition) is 2. The lowest BCUT2D eigenvalue weighted by molar-refractivity contribution is -0.126. The predicted octanol–water partition coefficient (Wildman–Crippen LogP) is 6.69. The molecule has 0 bridgehead atoms. The van der Waals surface area contributed by atoms with Gasteiger partial charge in [-0.05, 0) is 6.42 Å². The van der Waals surface area contributed by atoms with Crippen molar-refractivity contribution < 1.29 is 9.47 Å². The fraction of sp³-hybridized carbons (Fsp3) is 1.00. The van der Waals surface area contributed by atoms with Crippen molar-refractivity contribution >= 4 is 22.6 Å². The molecule has 0 saturated carbocycles. The highest BCUT2D eigenvalue weighted by atomic mass is 127. The smallest absolute Gasteiger partial charge is 0.0899 e. The molecule has 0 amide bonds. The fourth-order valence-electron chi connectivity index (χ4n) is 3.23. The molecule has 23 heavy (non-hydrogen) atoms. The van der Waals surface area contributed by atoms with Gasteiger partial charge in [0.15, 0.2) is 0 Å². The molecule has 1 aliphatic heterocycles. The van der Waals surface area contributed by atoms with Crippen LogP contribution in [0.2, 0.25) is 0 Å². The molecule has 0 aromatic heterocycles. The third kappa shape index (κ3) is 12.6. The van der Waals surface area contributed by atoms with Gasteiger partial charge in [-0.3, -0.25) is 0 Å². The van der Waals surface area contributed by atoms with E-state index in [1.165, 1.54) is 89.9 Å². The van der Waals surface area contributed by atoms with Crippen molar-refractivity contribution in [3.63, 3.8) is 0 Å². The molecule has 1 saturated heterocycles. The highest BCUT2D eigenvalue weighted by molar-refractivity contribution is 14.1. The third-order valence-corrected chi connectivity index (χ3v) is 5.82. The Kier molecular flexibility index (Phi) is 15.2. The zero-order valence-electron chi connectivity index (χ0n) is 15.4. The third-order valence-electron chi connectivity index (χ3n) is 4.84. The minimum Gasteiger partial charge on any atom is -0.373 e. The van der Waals surface area contributed by atoms with Crippen molar-refractivity contribution in [1.29, 1.82) is 0 Å². The van der Waals surface area contributed by atoms with Gasteiger partial charge in [0.05, 0.1) is 25.4 Å². The van der Waals surface area contributed by atoms with Crippen LogP contribution in [0.1, 0.15) is 96.8 Å². The van der Waals surface area contributed by atoms with Gasteiger partial charge < -0.3 is 9.47 Å². The maximum Gasteiger partial charge on any atom is 0.0899 e. The fourth-order valence-corrected chi connectivity index (χ4v) is 3.74. The molecule has 1 rings (SSSR count). The summed E-state index contributed by atoms with van der Waals surface area (Å²) in [6, 6.07) is 0. The van der Waals surface area contributed by atoms with Gasteiger partial charge >= 0.3 is 0 Å². The van der Waals surface area contributed by atoms with Crippen LogP contribution >= 0.6 is 22.6 Å². The van der Waals surface area contributed by atoms with Crippen LogP contribution in [0, 0.1) is 0 Å². The summed E-state index contributed by atoms with van der Waals surface area (Å²) in [5.74, 6) is 0. The molecular formula is C20H39IO2. The van der Waals surface area contributed by atoms with Crippen LogP contribution in [0.5, 0.6) is 0 Å². The monoisotopic (exact) mass is 438 g/mol. The average molecular weight is 438 g/mol. The summed E-state index contributed by atoms with van der Waals surface area (Å²) in [4.78, 5) is 0. The van der Waals surface area contributed by atoms with Crippen LogP contribution in [0.3, 0.4) is 0 Å². The van der Waals surface area contributed by atoms with Gasteiger partial charge in [0, 0.05) is 4.43 Å². The van der Waals surface area contributed by atoms with Gasteiger partial charge in [-0.15, -0.1) is 0 Å². The quantitative estimate of drug-likeness (QED) is 0.161. The molecular weight excluding hydrogens is 399 g/mol. The molecule has 1 heterocycles. The number of halogens is 1. The van der Waals surface area contributed by atoms with Crippen molar-refractivity contribution in [2.24, 2.45) is 0 Å². The molecule has 1 aliphatic rings. The van der Waals surface area contributed by atoms with E-state index >= 15 is 0 Å². The van der Waals surface area contributed by atoms with E-state index in [0.29, 0.717) is 12.2 Å². The number of rotatable bonds is 15. The van der Waals surface area contributed by atoms with E-state index in [4.69, 9.17) is 9.47 Å². The molecule has 1 fully saturated rings. The Balaban J connectivity index is 1.73. The van der Waals surface area contributed by atoms with E-state index < -0.39 is 0 Å². The summed E-state index contributed by atoms with van der Waals surface area (Å²) in [5.41, 5.74) is 0. The van der Waals surface area contributed by atoms with E-state index in [1.54, 1.807) is 0 Å². The Morgan fingerprint density at radius 3 is 1.52 bits per heavy atom. The van der Waals surface area contributed by atoms with Gasteiger partial charge in [0.1, 0.15) is 0 Å². The van der Waals surface area contributed by atoms with E-state index in [1.807, 2.05) is 0 Å². The molecule has 0 aromatic carbocycles. The average Bonchev–Trinajstić information content (AvgIpc) is 2.59. The molecule has 0 aromatic rings. The molecule has 0 radical (unpaired) electrons. The van der Waals surface area contributed by atoms with Crippen LogP contribution in [0.4, 0.5) is 0 Å². The predicted molar refractivity (Wildman–Crippen MR) is 109 cm³/mol. The highest BCUT2D eigenvalue weighted by Crippen LogP contribution is 2.17. The lowest BCUT2D eigenvalue weighted by Crippen LogP contribution is -2.36. The maximum absolute atomic E-state index is 5.86. The standard InChI is InChI=1S/C20H39IO2/c1-2-3-4-5-6-7-8-9-10-11-12-13-14-15-19-17-23-20(16-21)18-22-19/h19-20H,2-18H2,1H3/t19-,20-/m1/s1. The second-order valence-corrected chi connectivity index (χ2v) is 7.98. The number of unbranched alkanes of at least 4 members (excludes halogenated alkanes) is 12. The summed E-state index contributed by atoms with van der Waals surface area (Å²) in [5, 5.41) is 0. The molecule has 0 aliphatic carbocycles. The van der Waals surface area contributed by atoms with Crippen molar-refractivity contribution in [2.45, 2.75) is 109 Å². The summed E-state index contributed by atoms with van der Waals surface area (Å²) in [7, 11) is 0. The SMILES string of the molecule is CCCCCCCCCCCCCCC[C@@H]1CO[C@H](CI)CO1. The van der Waals surface area contributed by atoms with Crippen molar-refractivity contribution in [1.82, 2.24) is 0 Å². The van der Waals surface area contributed by atoms with Gasteiger partial charge in [0.2, 0.25) is 0 Å². The second-order valence-electron chi connectivity index (χ2n) is 7.10. The normalized spacial score (nSPS) is 21.7. The molecule has 2 atom stereocenters. The van der Waals surface area contributed by atoms with Gasteiger partial charge in [-0.25, -0.2) is 0 Å². The Labute approximate surface area is 158 Å². The molecule has 0 N–H and O–H groups in total. The van der Waals surface area contributed by atoms with Crippen LogP contribution < -0.4 is 0 Å². The van der Waals surface area contributed by atoms with E-state index in [-0.39, 0.29) is 0 Å². The molecule has 138 valence electrons. The second kappa shape index (κ2) is 16.1. The van der Waals surface area contributed by atoms with Crippen molar-refractivity contribution in [3.8, 4) is 0 Å². The van der Waals surface area contributed by atoms with Crippen LogP contribution in [-0.2, 0) is 9.47 Å². The number of hydrogen-bond donors (Lipinski definition) is 0. The summed E-state index contributed by atoms with van der Waals surface area (Å²) < 4.78 is 12.7. The minimum absolute atomic E-state index is 0.332. The molecule has 0 spiro atoms. The lowest BCUT2D eigenvalue weighted by Gasteiger charge is -2.28. The Bertz CT molecular complexity index is 240. The molecule has 0 unspecified atom stereocenters. The van der Waals surface area contributed by atoms with Crippen molar-refractivity contribution in [3.05, 3.63) is 0 Å². The van der Waals surface area contributed by atoms with Gasteiger partial charge in [-0.1, -0.05) is 113 Å². The number of alkyl halides is 1. The lowest BCUT2D eigenvalue weighted by atomic mass is 10.0. The van der Waals surface area contributed by atoms with Crippen LogP contribution in [-0.4, -0.2) is 29.8 Å². The summed E-state index contributed by atoms with van der Waals surface area (Å²) in [6.07, 6.45) is 20.3. The summed E-state index contributed by atoms with van der Waals surface area (Å²) >= 11 is 2.37. The molecule has 2 nitrogen and oxygen atoms in total. The first-order chi connectivity index (χ1) is 11.4. The Hall–Kier alpha value is 0.650. The highest BCUT2D eigenvalue weighted by Gasteiger charge is 2.20. The van der Waals surface area contributed by atoms with Gasteiger partial charge in [-0.2, -0.15) is 0 Å². The Morgan fingerprint density at radius 2 is 1.09 bits per heavy atom. The zero-order chi connectivity index (χ0) is 16.6. The first-order valence-corrected chi connectivity index (χ1v) is 11.7. The van der Waals surface area contributed by atoms with E-state index in [9.17, 15) is 0 Å². The maximum atomic E-state index is 5.86.